The van der Waals surface area contributed by atoms with E-state index < -0.39 is 0 Å². The lowest BCUT2D eigenvalue weighted by Crippen LogP contribution is -2.12. The van der Waals surface area contributed by atoms with Gasteiger partial charge in [0.25, 0.3) is 0 Å². The second-order valence-electron chi connectivity index (χ2n) is 3.57. The number of hydrogen-bond donors (Lipinski definition) is 1. The van der Waals surface area contributed by atoms with Crippen LogP contribution in [0.2, 0.25) is 10.0 Å². The van der Waals surface area contributed by atoms with Crippen LogP contribution < -0.4 is 5.73 Å². The molecular weight excluding hydrogens is 240 g/mol. The molecule has 1 unspecified atom stereocenters. The maximum absolute atomic E-state index is 6.02. The molecule has 0 aromatic heterocycles. The summed E-state index contributed by atoms with van der Waals surface area (Å²) >= 11 is 11.8. The van der Waals surface area contributed by atoms with Crippen molar-refractivity contribution in [2.24, 2.45) is 11.7 Å². The Bertz CT molecular complexity index is 303. The van der Waals surface area contributed by atoms with E-state index in [0.717, 1.165) is 5.56 Å². The minimum Gasteiger partial charge on any atom is -0.324 e. The normalized spacial score (nSPS) is 17.4. The van der Waals surface area contributed by atoms with Gasteiger partial charge in [0.2, 0.25) is 0 Å². The lowest BCUT2D eigenvalue weighted by molar-refractivity contribution is 0.633. The van der Waals surface area contributed by atoms with Crippen LogP contribution in [0.1, 0.15) is 24.4 Å². The summed E-state index contributed by atoms with van der Waals surface area (Å²) in [5, 5.41) is 1.33. The first-order chi connectivity index (χ1) is 6.16. The van der Waals surface area contributed by atoms with E-state index in [4.69, 9.17) is 28.9 Å². The van der Waals surface area contributed by atoms with E-state index in [9.17, 15) is 0 Å². The first kappa shape index (κ1) is 12.1. The van der Waals surface area contributed by atoms with Crippen molar-refractivity contribution in [3.05, 3.63) is 33.8 Å². The minimum absolute atomic E-state index is 0. The molecule has 1 aromatic rings. The monoisotopic (exact) mass is 251 g/mol. The first-order valence-corrected chi connectivity index (χ1v) is 5.14. The molecule has 2 N–H and O–H groups in total. The maximum atomic E-state index is 6.02. The van der Waals surface area contributed by atoms with Gasteiger partial charge in [0, 0.05) is 16.1 Å². The Morgan fingerprint density at radius 1 is 1.14 bits per heavy atom. The second kappa shape index (κ2) is 4.71. The van der Waals surface area contributed by atoms with Crippen LogP contribution in [0.3, 0.4) is 0 Å². The summed E-state index contributed by atoms with van der Waals surface area (Å²) in [7, 11) is 0. The zero-order valence-electron chi connectivity index (χ0n) is 7.54. The van der Waals surface area contributed by atoms with Gasteiger partial charge in [-0.25, -0.2) is 0 Å². The Hall–Kier alpha value is 0.0500. The Balaban J connectivity index is 0.000000980. The van der Waals surface area contributed by atoms with E-state index >= 15 is 0 Å². The van der Waals surface area contributed by atoms with Gasteiger partial charge < -0.3 is 5.73 Å². The van der Waals surface area contributed by atoms with Crippen molar-refractivity contribution in [1.82, 2.24) is 0 Å². The fourth-order valence-electron chi connectivity index (χ4n) is 1.50. The number of halogens is 3. The summed E-state index contributed by atoms with van der Waals surface area (Å²) in [6.07, 6.45) is 2.45. The highest BCUT2D eigenvalue weighted by atomic mass is 35.5. The van der Waals surface area contributed by atoms with Gasteiger partial charge in [0.15, 0.2) is 0 Å². The van der Waals surface area contributed by atoms with E-state index in [1.807, 2.05) is 12.1 Å². The molecule has 1 aliphatic rings. The molecule has 0 heterocycles. The number of hydrogen-bond acceptors (Lipinski definition) is 1. The van der Waals surface area contributed by atoms with Crippen molar-refractivity contribution in [1.29, 1.82) is 0 Å². The highest BCUT2D eigenvalue weighted by Crippen LogP contribution is 2.40. The van der Waals surface area contributed by atoms with E-state index in [1.165, 1.54) is 12.8 Å². The Morgan fingerprint density at radius 3 is 2.07 bits per heavy atom. The summed E-state index contributed by atoms with van der Waals surface area (Å²) in [6.45, 7) is 0. The standard InChI is InChI=1S/C10H11Cl2N.ClH/c11-8-3-7(4-9(12)5-8)10(13)6-1-2-6;/h3-6,10H,1-2,13H2;1H. The molecule has 1 aliphatic carbocycles. The Labute approximate surface area is 100.0 Å². The van der Waals surface area contributed by atoms with E-state index in [1.54, 1.807) is 6.07 Å². The largest absolute Gasteiger partial charge is 0.324 e. The maximum Gasteiger partial charge on any atom is 0.0424 e. The number of rotatable bonds is 2. The van der Waals surface area contributed by atoms with Gasteiger partial charge in [-0.1, -0.05) is 23.2 Å². The minimum atomic E-state index is 0. The van der Waals surface area contributed by atoms with Crippen molar-refractivity contribution in [3.8, 4) is 0 Å². The molecule has 4 heteroatoms. The fourth-order valence-corrected chi connectivity index (χ4v) is 2.04. The molecule has 78 valence electrons. The van der Waals surface area contributed by atoms with Crippen molar-refractivity contribution >= 4 is 35.6 Å². The van der Waals surface area contributed by atoms with E-state index in [0.29, 0.717) is 16.0 Å². The summed E-state index contributed by atoms with van der Waals surface area (Å²) in [6, 6.07) is 5.63. The predicted molar refractivity (Wildman–Crippen MR) is 63.4 cm³/mol. The summed E-state index contributed by atoms with van der Waals surface area (Å²) < 4.78 is 0. The molecular formula is C10H12Cl3N. The fraction of sp³-hybridized carbons (Fsp3) is 0.400. The lowest BCUT2D eigenvalue weighted by Gasteiger charge is -2.11. The predicted octanol–water partition coefficient (Wildman–Crippen LogP) is 3.83. The van der Waals surface area contributed by atoms with Gasteiger partial charge in [0.05, 0.1) is 0 Å². The number of benzene rings is 1. The summed E-state index contributed by atoms with van der Waals surface area (Å²) in [4.78, 5) is 0. The molecule has 1 saturated carbocycles. The van der Waals surface area contributed by atoms with Crippen LogP contribution in [0, 0.1) is 5.92 Å². The van der Waals surface area contributed by atoms with Crippen LogP contribution in [-0.2, 0) is 0 Å². The molecule has 1 atom stereocenters. The summed E-state index contributed by atoms with van der Waals surface area (Å²) in [5.74, 6) is 0.634. The van der Waals surface area contributed by atoms with Crippen LogP contribution in [-0.4, -0.2) is 0 Å². The molecule has 0 radical (unpaired) electrons. The first-order valence-electron chi connectivity index (χ1n) is 4.38. The average Bonchev–Trinajstić information content (AvgIpc) is 2.83. The van der Waals surface area contributed by atoms with Crippen molar-refractivity contribution in [2.75, 3.05) is 0 Å². The third kappa shape index (κ3) is 2.77. The molecule has 2 rings (SSSR count). The van der Waals surface area contributed by atoms with E-state index in [-0.39, 0.29) is 18.4 Å². The lowest BCUT2D eigenvalue weighted by atomic mass is 10.0. The van der Waals surface area contributed by atoms with Gasteiger partial charge >= 0.3 is 0 Å². The molecule has 1 fully saturated rings. The van der Waals surface area contributed by atoms with Crippen LogP contribution in [0.4, 0.5) is 0 Å². The van der Waals surface area contributed by atoms with Gasteiger partial charge in [0.1, 0.15) is 0 Å². The molecule has 14 heavy (non-hydrogen) atoms. The molecule has 1 nitrogen and oxygen atoms in total. The molecule has 0 bridgehead atoms. The van der Waals surface area contributed by atoms with Crippen LogP contribution in [0.15, 0.2) is 18.2 Å². The third-order valence-corrected chi connectivity index (χ3v) is 2.84. The van der Waals surface area contributed by atoms with Gasteiger partial charge in [-0.2, -0.15) is 0 Å². The van der Waals surface area contributed by atoms with Gasteiger partial charge in [-0.05, 0) is 42.5 Å². The molecule has 0 spiro atoms. The molecule has 0 saturated heterocycles. The number of nitrogens with two attached hydrogens (primary N) is 1. The highest BCUT2D eigenvalue weighted by molar-refractivity contribution is 6.34. The summed E-state index contributed by atoms with van der Waals surface area (Å²) in [5.41, 5.74) is 7.08. The topological polar surface area (TPSA) is 26.0 Å². The van der Waals surface area contributed by atoms with Crippen molar-refractivity contribution in [2.45, 2.75) is 18.9 Å². The molecule has 0 aliphatic heterocycles. The Kier molecular flexibility index (Phi) is 4.08. The quantitative estimate of drug-likeness (QED) is 0.851. The van der Waals surface area contributed by atoms with Gasteiger partial charge in [-0.15, -0.1) is 12.4 Å². The van der Waals surface area contributed by atoms with Gasteiger partial charge in [-0.3, -0.25) is 0 Å². The van der Waals surface area contributed by atoms with Crippen LogP contribution >= 0.6 is 35.6 Å². The SMILES string of the molecule is Cl.NC(c1cc(Cl)cc(Cl)c1)C1CC1. The van der Waals surface area contributed by atoms with Crippen LogP contribution in [0.5, 0.6) is 0 Å². The highest BCUT2D eigenvalue weighted by Gasteiger charge is 2.29. The van der Waals surface area contributed by atoms with Crippen molar-refractivity contribution < 1.29 is 0 Å². The third-order valence-electron chi connectivity index (χ3n) is 2.40. The molecule has 0 amide bonds. The van der Waals surface area contributed by atoms with Crippen LogP contribution in [0.25, 0.3) is 0 Å². The average molecular weight is 253 g/mol. The van der Waals surface area contributed by atoms with Crippen molar-refractivity contribution in [3.63, 3.8) is 0 Å². The smallest absolute Gasteiger partial charge is 0.0424 e. The second-order valence-corrected chi connectivity index (χ2v) is 4.44. The Morgan fingerprint density at radius 2 is 1.64 bits per heavy atom. The van der Waals surface area contributed by atoms with E-state index in [2.05, 4.69) is 0 Å². The zero-order chi connectivity index (χ0) is 9.42. The molecule has 1 aromatic carbocycles. The zero-order valence-corrected chi connectivity index (χ0v) is 9.87.